The van der Waals surface area contributed by atoms with Crippen molar-refractivity contribution < 1.29 is 48.9 Å². The Kier molecular flexibility index (Phi) is 20.1. The van der Waals surface area contributed by atoms with Crippen molar-refractivity contribution in [3.8, 4) is 0 Å². The molecule has 14 N–H and O–H groups in total. The summed E-state index contributed by atoms with van der Waals surface area (Å²) in [6, 6.07) is -7.81. The number of aromatic amines is 1. The highest BCUT2D eigenvalue weighted by Crippen LogP contribution is 2.12. The number of hydrogen-bond acceptors (Lipinski definition) is 12. The third-order valence-electron chi connectivity index (χ3n) is 8.25. The van der Waals surface area contributed by atoms with Crippen molar-refractivity contribution in [1.29, 1.82) is 0 Å². The van der Waals surface area contributed by atoms with E-state index in [1.54, 1.807) is 27.7 Å². The second kappa shape index (κ2) is 23.0. The molecule has 0 unspecified atom stereocenters. The number of aromatic nitrogens is 2. The number of unbranched alkanes of at least 4 members (excludes halogenated alkanes) is 1. The number of amides is 6. The fourth-order valence-electron chi connectivity index (χ4n) is 4.87. The SMILES string of the molecule is CC[C@H](C)[C@H](NC(=O)[C@@H](NC(=O)[C@H](CO)NC(=O)[C@H](Cc1cnc[nH]1)NC(=O)[C@@H](N)CCCCN)C(C)C)C(=O)N[C@H](C(=O)NCC(=O)O)[C@@H](C)O. The molecule has 0 radical (unpaired) electrons. The van der Waals surface area contributed by atoms with Gasteiger partial charge >= 0.3 is 5.97 Å². The fraction of sp³-hybridized carbons (Fsp3) is 0.688. The minimum absolute atomic E-state index is 0.0555. The van der Waals surface area contributed by atoms with Gasteiger partial charge < -0.3 is 63.7 Å². The molecule has 0 aliphatic heterocycles. The van der Waals surface area contributed by atoms with Gasteiger partial charge in [-0.2, -0.15) is 0 Å². The van der Waals surface area contributed by atoms with Crippen LogP contribution in [0.4, 0.5) is 0 Å². The summed E-state index contributed by atoms with van der Waals surface area (Å²) in [6.07, 6.45) is 3.31. The molecule has 0 aliphatic rings. The van der Waals surface area contributed by atoms with Crippen molar-refractivity contribution in [2.45, 2.75) is 109 Å². The van der Waals surface area contributed by atoms with E-state index in [0.717, 1.165) is 0 Å². The molecule has 0 saturated heterocycles. The van der Waals surface area contributed by atoms with Gasteiger partial charge in [0.15, 0.2) is 0 Å². The normalized spacial score (nSPS) is 15.8. The van der Waals surface area contributed by atoms with Crippen LogP contribution in [0.1, 0.15) is 66.0 Å². The number of carboxylic acids is 1. The summed E-state index contributed by atoms with van der Waals surface area (Å²) >= 11 is 0. The Bertz CT molecular complexity index is 1330. The van der Waals surface area contributed by atoms with Gasteiger partial charge in [-0.1, -0.05) is 40.5 Å². The largest absolute Gasteiger partial charge is 0.480 e. The molecule has 1 rings (SSSR count). The number of carbonyl (C=O) groups excluding carboxylic acids is 6. The van der Waals surface area contributed by atoms with E-state index in [4.69, 9.17) is 16.6 Å². The Morgan fingerprint density at radius 2 is 1.38 bits per heavy atom. The smallest absolute Gasteiger partial charge is 0.322 e. The lowest BCUT2D eigenvalue weighted by Crippen LogP contribution is -2.62. The van der Waals surface area contributed by atoms with Crippen LogP contribution in [0.25, 0.3) is 0 Å². The maximum absolute atomic E-state index is 13.6. The predicted octanol–water partition coefficient (Wildman–Crippen LogP) is -3.89. The topological polar surface area (TPSA) is 333 Å². The number of aliphatic carboxylic acids is 1. The molecule has 20 nitrogen and oxygen atoms in total. The molecule has 294 valence electrons. The molecule has 1 aromatic rings. The second-order valence-electron chi connectivity index (χ2n) is 12.9. The van der Waals surface area contributed by atoms with E-state index in [1.807, 2.05) is 0 Å². The number of nitrogens with one attached hydrogen (secondary N) is 7. The number of imidazole rings is 1. The number of rotatable bonds is 24. The van der Waals surface area contributed by atoms with Gasteiger partial charge in [0.25, 0.3) is 0 Å². The van der Waals surface area contributed by atoms with Gasteiger partial charge in [-0.3, -0.25) is 33.6 Å². The number of carbonyl (C=O) groups is 7. The highest BCUT2D eigenvalue weighted by atomic mass is 16.4. The van der Waals surface area contributed by atoms with Crippen LogP contribution in [-0.2, 0) is 40.0 Å². The molecule has 6 amide bonds. The summed E-state index contributed by atoms with van der Waals surface area (Å²) in [7, 11) is 0. The van der Waals surface area contributed by atoms with Crippen LogP contribution in [0.5, 0.6) is 0 Å². The van der Waals surface area contributed by atoms with Gasteiger partial charge in [0, 0.05) is 18.3 Å². The Labute approximate surface area is 302 Å². The Morgan fingerprint density at radius 3 is 1.90 bits per heavy atom. The molecular formula is C32H56N10O10. The molecule has 1 aromatic heterocycles. The number of H-pyrrole nitrogens is 1. The summed E-state index contributed by atoms with van der Waals surface area (Å²) in [5.41, 5.74) is 12.0. The number of carboxylic acid groups (broad SMARTS) is 1. The van der Waals surface area contributed by atoms with Crippen LogP contribution in [-0.4, -0.2) is 129 Å². The lowest BCUT2D eigenvalue weighted by molar-refractivity contribution is -0.139. The first-order valence-corrected chi connectivity index (χ1v) is 17.2. The highest BCUT2D eigenvalue weighted by molar-refractivity contribution is 5.97. The summed E-state index contributed by atoms with van der Waals surface area (Å²) in [5.74, 6) is -7.41. The third kappa shape index (κ3) is 15.3. The zero-order valence-electron chi connectivity index (χ0n) is 30.3. The average molecular weight is 741 g/mol. The minimum atomic E-state index is -1.56. The van der Waals surface area contributed by atoms with E-state index in [9.17, 15) is 43.8 Å². The van der Waals surface area contributed by atoms with Gasteiger partial charge in [-0.25, -0.2) is 4.98 Å². The molecule has 20 heteroatoms. The maximum Gasteiger partial charge on any atom is 0.322 e. The molecule has 0 saturated carbocycles. The maximum atomic E-state index is 13.6. The van der Waals surface area contributed by atoms with Crippen LogP contribution < -0.4 is 43.4 Å². The highest BCUT2D eigenvalue weighted by Gasteiger charge is 2.36. The quantitative estimate of drug-likeness (QED) is 0.0452. The number of hydrogen-bond donors (Lipinski definition) is 12. The molecule has 0 bridgehead atoms. The van der Waals surface area contributed by atoms with Gasteiger partial charge in [0.05, 0.1) is 25.1 Å². The van der Waals surface area contributed by atoms with Crippen molar-refractivity contribution in [2.24, 2.45) is 23.3 Å². The Morgan fingerprint density at radius 1 is 0.808 bits per heavy atom. The third-order valence-corrected chi connectivity index (χ3v) is 8.25. The van der Waals surface area contributed by atoms with Crippen LogP contribution in [0, 0.1) is 11.8 Å². The van der Waals surface area contributed by atoms with Crippen LogP contribution >= 0.6 is 0 Å². The molecular weight excluding hydrogens is 684 g/mol. The first-order valence-electron chi connectivity index (χ1n) is 17.2. The molecule has 1 heterocycles. The fourth-order valence-corrected chi connectivity index (χ4v) is 4.87. The zero-order chi connectivity index (χ0) is 39.5. The van der Waals surface area contributed by atoms with E-state index < -0.39 is 109 Å². The molecule has 52 heavy (non-hydrogen) atoms. The molecule has 0 spiro atoms. The molecule has 8 atom stereocenters. The Hall–Kier alpha value is -4.66. The summed E-state index contributed by atoms with van der Waals surface area (Å²) in [4.78, 5) is 96.6. The molecule has 0 aromatic carbocycles. The average Bonchev–Trinajstić information content (AvgIpc) is 3.61. The first kappa shape index (κ1) is 45.4. The zero-order valence-corrected chi connectivity index (χ0v) is 30.3. The van der Waals surface area contributed by atoms with Crippen LogP contribution in [0.2, 0.25) is 0 Å². The van der Waals surface area contributed by atoms with Crippen molar-refractivity contribution >= 4 is 41.4 Å². The summed E-state index contributed by atoms with van der Waals surface area (Å²) in [5, 5.41) is 43.6. The first-order chi connectivity index (χ1) is 24.5. The lowest BCUT2D eigenvalue weighted by Gasteiger charge is -2.30. The molecule has 0 aliphatic carbocycles. The van der Waals surface area contributed by atoms with Gasteiger partial charge in [0.1, 0.15) is 36.8 Å². The number of nitrogens with two attached hydrogens (primary N) is 2. The van der Waals surface area contributed by atoms with Crippen LogP contribution in [0.3, 0.4) is 0 Å². The monoisotopic (exact) mass is 740 g/mol. The number of aliphatic hydroxyl groups excluding tert-OH is 2. The van der Waals surface area contributed by atoms with Gasteiger partial charge in [0.2, 0.25) is 35.4 Å². The number of aliphatic hydroxyl groups is 2. The predicted molar refractivity (Wildman–Crippen MR) is 187 cm³/mol. The van der Waals surface area contributed by atoms with E-state index in [0.29, 0.717) is 37.9 Å². The summed E-state index contributed by atoms with van der Waals surface area (Å²) in [6.45, 7) is 6.63. The van der Waals surface area contributed by atoms with Crippen molar-refractivity contribution in [1.82, 2.24) is 41.9 Å². The lowest BCUT2D eigenvalue weighted by atomic mass is 9.95. The van der Waals surface area contributed by atoms with E-state index in [2.05, 4.69) is 41.9 Å². The van der Waals surface area contributed by atoms with Gasteiger partial charge in [-0.15, -0.1) is 0 Å². The van der Waals surface area contributed by atoms with Crippen molar-refractivity contribution in [3.63, 3.8) is 0 Å². The van der Waals surface area contributed by atoms with Crippen molar-refractivity contribution in [2.75, 3.05) is 19.7 Å². The van der Waals surface area contributed by atoms with Crippen molar-refractivity contribution in [3.05, 3.63) is 18.2 Å². The van der Waals surface area contributed by atoms with Crippen LogP contribution in [0.15, 0.2) is 12.5 Å². The van der Waals surface area contributed by atoms with Gasteiger partial charge in [-0.05, 0) is 38.1 Å². The van der Waals surface area contributed by atoms with E-state index >= 15 is 0 Å². The Balaban J connectivity index is 3.12. The standard InChI is InChI=1S/C32H56N10O10/c1-6-17(4)25(32(52)42-26(18(5)44)30(50)36-13-23(45)46)41-31(51)24(16(2)3)40-29(49)22(14-43)39-28(48)21(11-19-12-35-15-37-19)38-27(47)20(34)9-7-8-10-33/h12,15-18,20-22,24-26,43-44H,6-11,13-14,33-34H2,1-5H3,(H,35,37)(H,36,50)(H,38,47)(H,39,48)(H,40,49)(H,41,51)(H,42,52)(H,45,46)/t17-,18+,20-,21-,22-,24-,25-,26-/m0/s1. The van der Waals surface area contributed by atoms with E-state index in [-0.39, 0.29) is 6.42 Å². The summed E-state index contributed by atoms with van der Waals surface area (Å²) < 4.78 is 0. The second-order valence-corrected chi connectivity index (χ2v) is 12.9. The minimum Gasteiger partial charge on any atom is -0.480 e. The molecule has 0 fully saturated rings. The van der Waals surface area contributed by atoms with E-state index in [1.165, 1.54) is 19.4 Å². The number of nitrogens with zero attached hydrogens (tertiary/aromatic N) is 1.